The standard InChI is InChI=1S/C15H16NO2S/c1-11-9-13(16(17)18-3)10-12(2)15(11)19-14-7-5-4-6-8-14/h4-10H,1-3H3/q+1. The fraction of sp³-hybridized carbons (Fsp3) is 0.200. The molecule has 0 aromatic heterocycles. The molecule has 0 aliphatic carbocycles. The molecule has 0 bridgehead atoms. The van der Waals surface area contributed by atoms with E-state index in [-0.39, 0.29) is 0 Å². The maximum absolute atomic E-state index is 11.5. The van der Waals surface area contributed by atoms with Crippen molar-refractivity contribution in [3.8, 4) is 0 Å². The van der Waals surface area contributed by atoms with Gasteiger partial charge in [0.1, 0.15) is 0 Å². The van der Waals surface area contributed by atoms with Crippen molar-refractivity contribution in [1.82, 2.24) is 0 Å². The van der Waals surface area contributed by atoms with E-state index in [1.54, 1.807) is 11.8 Å². The van der Waals surface area contributed by atoms with Crippen molar-refractivity contribution in [1.29, 1.82) is 0 Å². The highest BCUT2D eigenvalue weighted by Gasteiger charge is 2.18. The molecular weight excluding hydrogens is 258 g/mol. The molecule has 4 heteroatoms. The number of hydrogen-bond acceptors (Lipinski definition) is 3. The molecule has 3 nitrogen and oxygen atoms in total. The first-order chi connectivity index (χ1) is 9.11. The van der Waals surface area contributed by atoms with Crippen molar-refractivity contribution in [3.05, 3.63) is 58.5 Å². The minimum absolute atomic E-state index is 0.523. The van der Waals surface area contributed by atoms with E-state index >= 15 is 0 Å². The molecule has 98 valence electrons. The van der Waals surface area contributed by atoms with E-state index in [1.807, 2.05) is 44.2 Å². The average Bonchev–Trinajstić information content (AvgIpc) is 2.43. The van der Waals surface area contributed by atoms with Crippen molar-refractivity contribution >= 4 is 17.4 Å². The van der Waals surface area contributed by atoms with E-state index in [0.717, 1.165) is 11.1 Å². The SMILES string of the molecule is CO[N+](=O)c1cc(C)c(Sc2ccccc2)c(C)c1. The summed E-state index contributed by atoms with van der Waals surface area (Å²) in [4.78, 5) is 19.0. The average molecular weight is 274 g/mol. The van der Waals surface area contributed by atoms with Gasteiger partial charge in [-0.15, -0.1) is 0 Å². The van der Waals surface area contributed by atoms with Gasteiger partial charge in [-0.2, -0.15) is 0 Å². The van der Waals surface area contributed by atoms with E-state index < -0.39 is 0 Å². The molecule has 0 unspecified atom stereocenters. The molecule has 0 amide bonds. The highest BCUT2D eigenvalue weighted by atomic mass is 32.2. The van der Waals surface area contributed by atoms with Gasteiger partial charge in [-0.25, -0.2) is 4.84 Å². The van der Waals surface area contributed by atoms with E-state index in [9.17, 15) is 4.91 Å². The van der Waals surface area contributed by atoms with Gasteiger partial charge in [0, 0.05) is 21.9 Å². The van der Waals surface area contributed by atoms with Crippen LogP contribution >= 0.6 is 11.8 Å². The van der Waals surface area contributed by atoms with Crippen LogP contribution in [0.4, 0.5) is 5.69 Å². The summed E-state index contributed by atoms with van der Waals surface area (Å²) in [6, 6.07) is 13.9. The monoisotopic (exact) mass is 274 g/mol. The molecule has 0 aliphatic rings. The van der Waals surface area contributed by atoms with Gasteiger partial charge in [0.05, 0.1) is 4.91 Å². The second kappa shape index (κ2) is 5.89. The van der Waals surface area contributed by atoms with Crippen LogP contribution in [-0.4, -0.2) is 12.0 Å². The third-order valence-corrected chi connectivity index (χ3v) is 4.14. The van der Waals surface area contributed by atoms with Gasteiger partial charge in [-0.05, 0) is 37.1 Å². The lowest BCUT2D eigenvalue weighted by molar-refractivity contribution is -0.736. The molecule has 0 heterocycles. The van der Waals surface area contributed by atoms with Gasteiger partial charge in [0.25, 0.3) is 4.92 Å². The van der Waals surface area contributed by atoms with Crippen LogP contribution in [0.2, 0.25) is 0 Å². The van der Waals surface area contributed by atoms with Gasteiger partial charge in [-0.3, -0.25) is 0 Å². The molecule has 0 atom stereocenters. The number of benzene rings is 2. The second-order valence-electron chi connectivity index (χ2n) is 4.26. The molecule has 2 rings (SSSR count). The van der Waals surface area contributed by atoms with Crippen molar-refractivity contribution in [2.45, 2.75) is 23.6 Å². The normalized spacial score (nSPS) is 10.3. The van der Waals surface area contributed by atoms with Gasteiger partial charge < -0.3 is 0 Å². The predicted octanol–water partition coefficient (Wildman–Crippen LogP) is 4.43. The minimum Gasteiger partial charge on any atom is -0.230 e. The summed E-state index contributed by atoms with van der Waals surface area (Å²) in [7, 11) is 1.37. The topological polar surface area (TPSA) is 29.3 Å². The summed E-state index contributed by atoms with van der Waals surface area (Å²) < 4.78 is 0. The first-order valence-electron chi connectivity index (χ1n) is 5.97. The Kier molecular flexibility index (Phi) is 4.22. The van der Waals surface area contributed by atoms with Crippen LogP contribution in [0.3, 0.4) is 0 Å². The van der Waals surface area contributed by atoms with E-state index in [4.69, 9.17) is 0 Å². The lowest BCUT2D eigenvalue weighted by atomic mass is 10.1. The Labute approximate surface area is 117 Å². The third kappa shape index (κ3) is 3.15. The molecule has 0 saturated heterocycles. The molecular formula is C15H16NO2S+. The number of hydrogen-bond donors (Lipinski definition) is 0. The molecule has 0 N–H and O–H groups in total. The minimum atomic E-state index is 0.523. The highest BCUT2D eigenvalue weighted by molar-refractivity contribution is 7.99. The van der Waals surface area contributed by atoms with Crippen LogP contribution in [0.1, 0.15) is 11.1 Å². The second-order valence-corrected chi connectivity index (χ2v) is 5.35. The first-order valence-corrected chi connectivity index (χ1v) is 6.79. The lowest BCUT2D eigenvalue weighted by Gasteiger charge is -2.08. The van der Waals surface area contributed by atoms with Crippen LogP contribution < -0.4 is 0 Å². The van der Waals surface area contributed by atoms with E-state index in [2.05, 4.69) is 17.0 Å². The molecule has 0 spiro atoms. The largest absolute Gasteiger partial charge is 0.317 e. The molecule has 0 radical (unpaired) electrons. The van der Waals surface area contributed by atoms with E-state index in [0.29, 0.717) is 10.6 Å². The molecule has 0 fully saturated rings. The third-order valence-electron chi connectivity index (χ3n) is 2.78. The summed E-state index contributed by atoms with van der Waals surface area (Å²) in [5.41, 5.74) is 2.67. The summed E-state index contributed by atoms with van der Waals surface area (Å²) in [6.45, 7) is 4.01. The maximum atomic E-state index is 11.5. The van der Waals surface area contributed by atoms with Crippen molar-refractivity contribution < 1.29 is 9.76 Å². The molecule has 0 saturated carbocycles. The van der Waals surface area contributed by atoms with Gasteiger partial charge in [0.2, 0.25) is 0 Å². The van der Waals surface area contributed by atoms with Crippen LogP contribution in [0.5, 0.6) is 0 Å². The highest BCUT2D eigenvalue weighted by Crippen LogP contribution is 2.35. The maximum Gasteiger partial charge on any atom is 0.317 e. The molecule has 2 aromatic rings. The van der Waals surface area contributed by atoms with Crippen LogP contribution in [-0.2, 0) is 4.84 Å². The van der Waals surface area contributed by atoms with Crippen LogP contribution in [0, 0.1) is 18.8 Å². The Morgan fingerprint density at radius 1 is 1.05 bits per heavy atom. The lowest BCUT2D eigenvalue weighted by Crippen LogP contribution is -1.99. The summed E-state index contributed by atoms with van der Waals surface area (Å²) in [6.07, 6.45) is 0. The summed E-state index contributed by atoms with van der Waals surface area (Å²) in [5, 5.41) is 0. The molecule has 2 aromatic carbocycles. The Bertz CT molecular complexity index is 573. The van der Waals surface area contributed by atoms with Gasteiger partial charge in [0.15, 0.2) is 7.11 Å². The predicted molar refractivity (Wildman–Crippen MR) is 76.8 cm³/mol. The van der Waals surface area contributed by atoms with E-state index in [1.165, 1.54) is 16.9 Å². The van der Waals surface area contributed by atoms with Crippen molar-refractivity contribution in [2.75, 3.05) is 7.11 Å². The van der Waals surface area contributed by atoms with Crippen LogP contribution in [0.15, 0.2) is 52.3 Å². The Morgan fingerprint density at radius 2 is 1.63 bits per heavy atom. The molecule has 19 heavy (non-hydrogen) atoms. The molecule has 0 aliphatic heterocycles. The Hall–Kier alpha value is -1.81. The zero-order valence-corrected chi connectivity index (χ0v) is 12.0. The smallest absolute Gasteiger partial charge is 0.230 e. The first kappa shape index (κ1) is 13.6. The van der Waals surface area contributed by atoms with Gasteiger partial charge >= 0.3 is 5.69 Å². The fourth-order valence-electron chi connectivity index (χ4n) is 1.91. The Morgan fingerprint density at radius 3 is 2.16 bits per heavy atom. The number of rotatable bonds is 4. The zero-order chi connectivity index (χ0) is 13.8. The van der Waals surface area contributed by atoms with Crippen LogP contribution in [0.25, 0.3) is 0 Å². The zero-order valence-electron chi connectivity index (χ0n) is 11.2. The summed E-state index contributed by atoms with van der Waals surface area (Å²) in [5.74, 6) is 0. The fourth-order valence-corrected chi connectivity index (χ4v) is 2.87. The Balaban J connectivity index is 2.35. The van der Waals surface area contributed by atoms with Gasteiger partial charge in [-0.1, -0.05) is 30.0 Å². The van der Waals surface area contributed by atoms with Crippen molar-refractivity contribution in [2.24, 2.45) is 0 Å². The van der Waals surface area contributed by atoms with Crippen molar-refractivity contribution in [3.63, 3.8) is 0 Å². The quantitative estimate of drug-likeness (QED) is 0.772. The number of nitrogens with zero attached hydrogens (tertiary/aromatic N) is 1. The summed E-state index contributed by atoms with van der Waals surface area (Å²) >= 11 is 1.71. The number of aryl methyl sites for hydroxylation is 2.